The van der Waals surface area contributed by atoms with Crippen molar-refractivity contribution in [2.45, 2.75) is 45.8 Å². The first-order valence-corrected chi connectivity index (χ1v) is 9.06. The maximum atomic E-state index is 5.82. The van der Waals surface area contributed by atoms with Crippen LogP contribution in [0.3, 0.4) is 0 Å². The number of nitrogens with zero attached hydrogens (tertiary/aromatic N) is 1. The van der Waals surface area contributed by atoms with Gasteiger partial charge >= 0.3 is 0 Å². The van der Waals surface area contributed by atoms with E-state index < -0.39 is 0 Å². The first-order valence-electron chi connectivity index (χ1n) is 9.06. The molecule has 1 aromatic carbocycles. The molecule has 1 heterocycles. The highest BCUT2D eigenvalue weighted by atomic mass is 127. The van der Waals surface area contributed by atoms with Crippen LogP contribution in [0, 0.1) is 0 Å². The predicted molar refractivity (Wildman–Crippen MR) is 116 cm³/mol. The first-order chi connectivity index (χ1) is 12.1. The Kier molecular flexibility index (Phi) is 10.1. The third-order valence-electron chi connectivity index (χ3n) is 4.22. The van der Waals surface area contributed by atoms with E-state index in [0.29, 0.717) is 13.2 Å². The second-order valence-electron chi connectivity index (χ2n) is 6.37. The zero-order chi connectivity index (χ0) is 18.1. The fourth-order valence-corrected chi connectivity index (χ4v) is 2.84. The van der Waals surface area contributed by atoms with E-state index in [2.05, 4.69) is 29.5 Å². The molecule has 2 rings (SSSR count). The standard InChI is InChI=1S/C19H31N3O3.HI/c1-5-20-18(22-14-19(3)10-7-11-25-19)21-13-15-8-9-16(24-6-2)17(12-15)23-4;/h8-9,12H,5-7,10-11,13-14H2,1-4H3,(H2,20,21,22);1H. The van der Waals surface area contributed by atoms with Crippen molar-refractivity contribution >= 4 is 29.9 Å². The molecule has 26 heavy (non-hydrogen) atoms. The molecule has 1 fully saturated rings. The molecular formula is C19H32IN3O3. The number of nitrogens with one attached hydrogen (secondary N) is 2. The maximum absolute atomic E-state index is 5.82. The summed E-state index contributed by atoms with van der Waals surface area (Å²) >= 11 is 0. The summed E-state index contributed by atoms with van der Waals surface area (Å²) in [6.45, 7) is 9.76. The van der Waals surface area contributed by atoms with Crippen molar-refractivity contribution < 1.29 is 14.2 Å². The van der Waals surface area contributed by atoms with Crippen LogP contribution in [0.25, 0.3) is 0 Å². The third kappa shape index (κ3) is 6.83. The fourth-order valence-electron chi connectivity index (χ4n) is 2.84. The molecule has 0 radical (unpaired) electrons. The third-order valence-corrected chi connectivity index (χ3v) is 4.22. The second-order valence-corrected chi connectivity index (χ2v) is 6.37. The average molecular weight is 477 g/mol. The van der Waals surface area contributed by atoms with Crippen molar-refractivity contribution in [2.75, 3.05) is 33.4 Å². The summed E-state index contributed by atoms with van der Waals surface area (Å²) in [6.07, 6.45) is 2.20. The van der Waals surface area contributed by atoms with Crippen LogP contribution in [0.1, 0.15) is 39.2 Å². The quantitative estimate of drug-likeness (QED) is 0.342. The number of guanidine groups is 1. The molecule has 0 amide bonds. The molecule has 7 heteroatoms. The van der Waals surface area contributed by atoms with E-state index in [0.717, 1.165) is 55.6 Å². The highest BCUT2D eigenvalue weighted by Gasteiger charge is 2.29. The normalized spacial score (nSPS) is 19.6. The van der Waals surface area contributed by atoms with Gasteiger partial charge in [0.2, 0.25) is 0 Å². The highest BCUT2D eigenvalue weighted by Crippen LogP contribution is 2.28. The molecule has 1 aliphatic heterocycles. The van der Waals surface area contributed by atoms with Gasteiger partial charge in [0, 0.05) is 19.7 Å². The Morgan fingerprint density at radius 2 is 2.08 bits per heavy atom. The summed E-state index contributed by atoms with van der Waals surface area (Å²) in [4.78, 5) is 4.67. The Bertz CT molecular complexity index is 575. The van der Waals surface area contributed by atoms with E-state index in [9.17, 15) is 0 Å². The number of hydrogen-bond acceptors (Lipinski definition) is 4. The summed E-state index contributed by atoms with van der Waals surface area (Å²) in [6, 6.07) is 5.92. The van der Waals surface area contributed by atoms with Gasteiger partial charge in [-0.15, -0.1) is 24.0 Å². The topological polar surface area (TPSA) is 64.1 Å². The Morgan fingerprint density at radius 3 is 2.69 bits per heavy atom. The Labute approximate surface area is 174 Å². The van der Waals surface area contributed by atoms with Crippen LogP contribution in [0.15, 0.2) is 23.2 Å². The van der Waals surface area contributed by atoms with Gasteiger partial charge in [-0.05, 0) is 51.3 Å². The van der Waals surface area contributed by atoms with Crippen LogP contribution >= 0.6 is 24.0 Å². The predicted octanol–water partition coefficient (Wildman–Crippen LogP) is 3.34. The second kappa shape index (κ2) is 11.5. The number of rotatable bonds is 8. The minimum atomic E-state index is -0.0987. The number of hydrogen-bond donors (Lipinski definition) is 2. The van der Waals surface area contributed by atoms with E-state index >= 15 is 0 Å². The number of halogens is 1. The van der Waals surface area contributed by atoms with Crippen LogP contribution in [-0.4, -0.2) is 45.0 Å². The largest absolute Gasteiger partial charge is 0.493 e. The fraction of sp³-hybridized carbons (Fsp3) is 0.632. The summed E-state index contributed by atoms with van der Waals surface area (Å²) in [7, 11) is 1.65. The van der Waals surface area contributed by atoms with Gasteiger partial charge in [-0.25, -0.2) is 4.99 Å². The van der Waals surface area contributed by atoms with Crippen LogP contribution in [0.5, 0.6) is 11.5 Å². The van der Waals surface area contributed by atoms with E-state index in [1.54, 1.807) is 7.11 Å². The Balaban J connectivity index is 0.00000338. The molecular weight excluding hydrogens is 445 g/mol. The lowest BCUT2D eigenvalue weighted by Crippen LogP contribution is -2.45. The van der Waals surface area contributed by atoms with Crippen LogP contribution < -0.4 is 20.1 Å². The Morgan fingerprint density at radius 1 is 1.27 bits per heavy atom. The molecule has 1 aliphatic rings. The van der Waals surface area contributed by atoms with Gasteiger partial charge < -0.3 is 24.8 Å². The lowest BCUT2D eigenvalue weighted by Gasteiger charge is -2.24. The highest BCUT2D eigenvalue weighted by molar-refractivity contribution is 14.0. The molecule has 1 unspecified atom stereocenters. The van der Waals surface area contributed by atoms with Gasteiger partial charge in [0.1, 0.15) is 0 Å². The zero-order valence-electron chi connectivity index (χ0n) is 16.3. The smallest absolute Gasteiger partial charge is 0.191 e. The monoisotopic (exact) mass is 477 g/mol. The van der Waals surface area contributed by atoms with Gasteiger partial charge in [0.25, 0.3) is 0 Å². The van der Waals surface area contributed by atoms with Crippen molar-refractivity contribution in [2.24, 2.45) is 4.99 Å². The summed E-state index contributed by atoms with van der Waals surface area (Å²) in [5.41, 5.74) is 0.972. The van der Waals surface area contributed by atoms with Crippen molar-refractivity contribution in [3.63, 3.8) is 0 Å². The number of ether oxygens (including phenoxy) is 3. The Hall–Kier alpha value is -1.22. The maximum Gasteiger partial charge on any atom is 0.191 e. The minimum absolute atomic E-state index is 0. The summed E-state index contributed by atoms with van der Waals surface area (Å²) in [5.74, 6) is 2.29. The minimum Gasteiger partial charge on any atom is -0.493 e. The van der Waals surface area contributed by atoms with E-state index in [1.807, 2.05) is 25.1 Å². The molecule has 6 nitrogen and oxygen atoms in total. The van der Waals surface area contributed by atoms with Gasteiger partial charge in [0.15, 0.2) is 17.5 Å². The van der Waals surface area contributed by atoms with E-state index in [4.69, 9.17) is 14.2 Å². The first kappa shape index (κ1) is 22.8. The number of benzene rings is 1. The van der Waals surface area contributed by atoms with Gasteiger partial charge in [-0.2, -0.15) is 0 Å². The zero-order valence-corrected chi connectivity index (χ0v) is 18.6. The molecule has 1 aromatic rings. The van der Waals surface area contributed by atoms with Gasteiger partial charge in [0.05, 0.1) is 25.9 Å². The molecule has 0 bridgehead atoms. The lowest BCUT2D eigenvalue weighted by molar-refractivity contribution is 0.0243. The molecule has 148 valence electrons. The number of aliphatic imine (C=N–C) groups is 1. The molecule has 2 N–H and O–H groups in total. The molecule has 0 aliphatic carbocycles. The molecule has 0 saturated carbocycles. The summed E-state index contributed by atoms with van der Waals surface area (Å²) in [5, 5.41) is 6.67. The molecule has 0 aromatic heterocycles. The SMILES string of the molecule is CCNC(=NCc1ccc(OCC)c(OC)c1)NCC1(C)CCCO1.I. The molecule has 0 spiro atoms. The number of methoxy groups -OCH3 is 1. The molecule has 1 saturated heterocycles. The summed E-state index contributed by atoms with van der Waals surface area (Å²) < 4.78 is 16.8. The van der Waals surface area contributed by atoms with Crippen molar-refractivity contribution in [1.29, 1.82) is 0 Å². The van der Waals surface area contributed by atoms with Gasteiger partial charge in [-0.3, -0.25) is 0 Å². The molecule has 1 atom stereocenters. The van der Waals surface area contributed by atoms with Crippen LogP contribution in [0.4, 0.5) is 0 Å². The van der Waals surface area contributed by atoms with Crippen LogP contribution in [0.2, 0.25) is 0 Å². The van der Waals surface area contributed by atoms with E-state index in [-0.39, 0.29) is 29.6 Å². The van der Waals surface area contributed by atoms with Crippen LogP contribution in [-0.2, 0) is 11.3 Å². The van der Waals surface area contributed by atoms with Crippen molar-refractivity contribution in [3.05, 3.63) is 23.8 Å². The lowest BCUT2D eigenvalue weighted by atomic mass is 10.0. The van der Waals surface area contributed by atoms with Crippen molar-refractivity contribution in [3.8, 4) is 11.5 Å². The van der Waals surface area contributed by atoms with Crippen molar-refractivity contribution in [1.82, 2.24) is 10.6 Å². The average Bonchev–Trinajstić information content (AvgIpc) is 3.05. The van der Waals surface area contributed by atoms with Gasteiger partial charge in [-0.1, -0.05) is 6.07 Å². The van der Waals surface area contributed by atoms with E-state index in [1.165, 1.54) is 0 Å².